The number of hydrogen-bond acceptors (Lipinski definition) is 4. The van der Waals surface area contributed by atoms with Gasteiger partial charge < -0.3 is 10.0 Å². The van der Waals surface area contributed by atoms with E-state index < -0.39 is 5.97 Å². The van der Waals surface area contributed by atoms with E-state index >= 15 is 0 Å². The molecule has 3 rings (SSSR count). The van der Waals surface area contributed by atoms with Gasteiger partial charge in [-0.3, -0.25) is 4.79 Å². The number of aromatic nitrogens is 1. The molecular weight excluding hydrogens is 288 g/mol. The van der Waals surface area contributed by atoms with Gasteiger partial charge >= 0.3 is 5.97 Å². The molecule has 108 valence electrons. The van der Waals surface area contributed by atoms with Crippen LogP contribution >= 0.6 is 11.3 Å². The molecule has 1 aliphatic carbocycles. The van der Waals surface area contributed by atoms with Crippen molar-refractivity contribution in [2.24, 2.45) is 0 Å². The van der Waals surface area contributed by atoms with Crippen LogP contribution in [0.5, 0.6) is 0 Å². The molecule has 1 N–H and O–H groups in total. The fourth-order valence-corrected chi connectivity index (χ4v) is 2.81. The highest BCUT2D eigenvalue weighted by molar-refractivity contribution is 7.07. The lowest BCUT2D eigenvalue weighted by atomic mass is 10.2. The number of nitrogens with zero attached hydrogens (tertiary/aromatic N) is 2. The zero-order chi connectivity index (χ0) is 14.8. The molecular formula is C15H14N2O3S. The number of carbonyl (C=O) groups is 2. The van der Waals surface area contributed by atoms with Crippen LogP contribution < -0.4 is 0 Å². The third-order valence-electron chi connectivity index (χ3n) is 3.37. The third-order valence-corrected chi connectivity index (χ3v) is 4.10. The van der Waals surface area contributed by atoms with Gasteiger partial charge in [0.15, 0.2) is 0 Å². The zero-order valence-corrected chi connectivity index (χ0v) is 12.0. The molecule has 0 bridgehead atoms. The van der Waals surface area contributed by atoms with Crippen molar-refractivity contribution in [3.8, 4) is 0 Å². The Balaban J connectivity index is 1.84. The normalized spacial score (nSPS) is 13.9. The Morgan fingerprint density at radius 2 is 2.05 bits per heavy atom. The highest BCUT2D eigenvalue weighted by Gasteiger charge is 2.33. The number of amides is 1. The second-order valence-corrected chi connectivity index (χ2v) is 5.79. The second-order valence-electron chi connectivity index (χ2n) is 5.01. The van der Waals surface area contributed by atoms with E-state index in [1.165, 1.54) is 6.07 Å². The molecule has 21 heavy (non-hydrogen) atoms. The van der Waals surface area contributed by atoms with Gasteiger partial charge in [-0.2, -0.15) is 11.3 Å². The average molecular weight is 302 g/mol. The number of hydrogen-bond donors (Lipinski definition) is 1. The lowest BCUT2D eigenvalue weighted by Crippen LogP contribution is -2.33. The van der Waals surface area contributed by atoms with Crippen LogP contribution in [-0.4, -0.2) is 32.9 Å². The van der Waals surface area contributed by atoms with Crippen LogP contribution in [0.4, 0.5) is 0 Å². The maximum absolute atomic E-state index is 12.6. The first-order valence-corrected chi connectivity index (χ1v) is 7.62. The van der Waals surface area contributed by atoms with Crippen LogP contribution in [0.25, 0.3) is 0 Å². The number of thiophene rings is 1. The summed E-state index contributed by atoms with van der Waals surface area (Å²) in [5.74, 6) is -1.33. The molecule has 2 aromatic heterocycles. The molecule has 0 saturated heterocycles. The molecule has 2 heterocycles. The van der Waals surface area contributed by atoms with E-state index in [0.717, 1.165) is 18.4 Å². The Labute approximate surface area is 125 Å². The number of carbonyl (C=O) groups excluding carboxylic acids is 1. The van der Waals surface area contributed by atoms with Crippen LogP contribution in [0, 0.1) is 0 Å². The van der Waals surface area contributed by atoms with Crippen molar-refractivity contribution in [3.63, 3.8) is 0 Å². The van der Waals surface area contributed by atoms with Crippen molar-refractivity contribution in [2.45, 2.75) is 25.4 Å². The predicted octanol–water partition coefficient (Wildman–Crippen LogP) is 2.65. The van der Waals surface area contributed by atoms with Gasteiger partial charge in [-0.1, -0.05) is 6.07 Å². The first kappa shape index (κ1) is 13.8. The van der Waals surface area contributed by atoms with E-state index in [1.54, 1.807) is 28.4 Å². The second kappa shape index (κ2) is 5.65. The van der Waals surface area contributed by atoms with Gasteiger partial charge in [0, 0.05) is 12.6 Å². The van der Waals surface area contributed by atoms with E-state index in [-0.39, 0.29) is 23.3 Å². The van der Waals surface area contributed by atoms with Crippen molar-refractivity contribution in [1.29, 1.82) is 0 Å². The minimum Gasteiger partial charge on any atom is -0.477 e. The molecule has 2 aromatic rings. The van der Waals surface area contributed by atoms with E-state index in [9.17, 15) is 9.59 Å². The van der Waals surface area contributed by atoms with Gasteiger partial charge in [0.05, 0.1) is 0 Å². The van der Waals surface area contributed by atoms with E-state index in [2.05, 4.69) is 4.98 Å². The van der Waals surface area contributed by atoms with Crippen molar-refractivity contribution in [2.75, 3.05) is 0 Å². The number of rotatable bonds is 5. The van der Waals surface area contributed by atoms with Crippen LogP contribution in [0.1, 0.15) is 39.4 Å². The van der Waals surface area contributed by atoms with Gasteiger partial charge in [-0.15, -0.1) is 0 Å². The van der Waals surface area contributed by atoms with Gasteiger partial charge in [-0.25, -0.2) is 9.78 Å². The summed E-state index contributed by atoms with van der Waals surface area (Å²) < 4.78 is 0. The fourth-order valence-electron chi connectivity index (χ4n) is 2.15. The maximum atomic E-state index is 12.6. The zero-order valence-electron chi connectivity index (χ0n) is 11.2. The Hall–Kier alpha value is -2.21. The smallest absolute Gasteiger partial charge is 0.354 e. The molecule has 6 heteroatoms. The highest BCUT2D eigenvalue weighted by Crippen LogP contribution is 2.30. The SMILES string of the molecule is O=C(O)c1cccc(C(=O)N(Cc2ccsc2)C2CC2)n1. The molecule has 1 saturated carbocycles. The molecule has 1 fully saturated rings. The van der Waals surface area contributed by atoms with Gasteiger partial charge in [0.25, 0.3) is 5.91 Å². The summed E-state index contributed by atoms with van der Waals surface area (Å²) in [4.78, 5) is 29.3. The Morgan fingerprint density at radius 3 is 2.67 bits per heavy atom. The highest BCUT2D eigenvalue weighted by atomic mass is 32.1. The quantitative estimate of drug-likeness (QED) is 0.921. The van der Waals surface area contributed by atoms with Crippen molar-refractivity contribution >= 4 is 23.2 Å². The topological polar surface area (TPSA) is 70.5 Å². The summed E-state index contributed by atoms with van der Waals surface area (Å²) >= 11 is 1.60. The molecule has 0 atom stereocenters. The summed E-state index contributed by atoms with van der Waals surface area (Å²) in [7, 11) is 0. The summed E-state index contributed by atoms with van der Waals surface area (Å²) in [6.07, 6.45) is 1.99. The van der Waals surface area contributed by atoms with Gasteiger partial charge in [-0.05, 0) is 47.4 Å². The number of aromatic carboxylic acids is 1. The third kappa shape index (κ3) is 3.11. The van der Waals surface area contributed by atoms with Crippen LogP contribution in [0.15, 0.2) is 35.0 Å². The molecule has 0 aliphatic heterocycles. The molecule has 0 radical (unpaired) electrons. The van der Waals surface area contributed by atoms with Crippen molar-refractivity contribution < 1.29 is 14.7 Å². The van der Waals surface area contributed by atoms with Crippen LogP contribution in [-0.2, 0) is 6.54 Å². The van der Waals surface area contributed by atoms with E-state index in [1.807, 2.05) is 16.8 Å². The van der Waals surface area contributed by atoms with E-state index in [4.69, 9.17) is 5.11 Å². The lowest BCUT2D eigenvalue weighted by molar-refractivity contribution is 0.0689. The maximum Gasteiger partial charge on any atom is 0.354 e. The Kier molecular flexibility index (Phi) is 3.70. The standard InChI is InChI=1S/C15H14N2O3S/c18-14(12-2-1-3-13(16-12)15(19)20)17(11-4-5-11)8-10-6-7-21-9-10/h1-3,6-7,9,11H,4-5,8H2,(H,19,20). The summed E-state index contributed by atoms with van der Waals surface area (Å²) in [5, 5.41) is 13.0. The number of pyridine rings is 1. The molecule has 5 nitrogen and oxygen atoms in total. The Morgan fingerprint density at radius 1 is 1.29 bits per heavy atom. The average Bonchev–Trinajstić information content (AvgIpc) is 3.20. The van der Waals surface area contributed by atoms with E-state index in [0.29, 0.717) is 6.54 Å². The minimum absolute atomic E-state index is 0.105. The number of carboxylic acids is 1. The van der Waals surface area contributed by atoms with Gasteiger partial charge in [0.2, 0.25) is 0 Å². The van der Waals surface area contributed by atoms with Gasteiger partial charge in [0.1, 0.15) is 11.4 Å². The summed E-state index contributed by atoms with van der Waals surface area (Å²) in [5.41, 5.74) is 1.18. The minimum atomic E-state index is -1.12. The Bertz CT molecular complexity index is 665. The number of carboxylic acid groups (broad SMARTS) is 1. The van der Waals surface area contributed by atoms with Crippen molar-refractivity contribution in [3.05, 3.63) is 52.0 Å². The molecule has 1 amide bonds. The first-order valence-electron chi connectivity index (χ1n) is 6.67. The first-order chi connectivity index (χ1) is 10.1. The summed E-state index contributed by atoms with van der Waals surface area (Å²) in [6, 6.07) is 6.75. The molecule has 0 spiro atoms. The molecule has 0 aromatic carbocycles. The monoisotopic (exact) mass is 302 g/mol. The predicted molar refractivity (Wildman–Crippen MR) is 78.4 cm³/mol. The van der Waals surface area contributed by atoms with Crippen LogP contribution in [0.3, 0.4) is 0 Å². The molecule has 0 unspecified atom stereocenters. The van der Waals surface area contributed by atoms with Crippen molar-refractivity contribution in [1.82, 2.24) is 9.88 Å². The molecule has 1 aliphatic rings. The largest absolute Gasteiger partial charge is 0.477 e. The van der Waals surface area contributed by atoms with Crippen LogP contribution in [0.2, 0.25) is 0 Å². The fraction of sp³-hybridized carbons (Fsp3) is 0.267. The lowest BCUT2D eigenvalue weighted by Gasteiger charge is -2.21. The summed E-state index contributed by atoms with van der Waals surface area (Å²) in [6.45, 7) is 0.548.